The molecule has 0 fully saturated rings. The van der Waals surface area contributed by atoms with Crippen molar-refractivity contribution in [2.45, 2.75) is 59.1 Å². The Morgan fingerprint density at radius 2 is 1.96 bits per heavy atom. The number of nitrogen functional groups attached to an aromatic ring is 1. The van der Waals surface area contributed by atoms with Crippen molar-refractivity contribution in [3.8, 4) is 5.75 Å². The standard InChI is InChI=1S/C19H30N2O5/c1-6-25-17(23)12(2)9-14(21-18(24)26-19(3,4)5)10-13-7-8-16(22)15(20)11-13/h7-8,11-12,14,22H,6,9-10,20H2,1-5H3,(H,21,24)/t12-,14-/m1/s1. The van der Waals surface area contributed by atoms with Crippen molar-refractivity contribution >= 4 is 17.7 Å². The molecular weight excluding hydrogens is 336 g/mol. The number of phenols is 1. The van der Waals surface area contributed by atoms with E-state index in [0.717, 1.165) is 5.56 Å². The van der Waals surface area contributed by atoms with Gasteiger partial charge in [-0.25, -0.2) is 4.79 Å². The van der Waals surface area contributed by atoms with Crippen LogP contribution in [-0.4, -0.2) is 35.4 Å². The zero-order valence-electron chi connectivity index (χ0n) is 16.2. The Hall–Kier alpha value is -2.44. The van der Waals surface area contributed by atoms with Gasteiger partial charge in [0.05, 0.1) is 18.2 Å². The smallest absolute Gasteiger partial charge is 0.407 e. The molecule has 0 saturated heterocycles. The number of anilines is 1. The molecule has 1 aromatic rings. The molecule has 0 aliphatic carbocycles. The van der Waals surface area contributed by atoms with Gasteiger partial charge in [0.1, 0.15) is 11.4 Å². The number of hydrogen-bond donors (Lipinski definition) is 3. The number of rotatable bonds is 7. The number of amides is 1. The molecule has 0 heterocycles. The molecule has 2 atom stereocenters. The number of aromatic hydroxyl groups is 1. The van der Waals surface area contributed by atoms with Crippen LogP contribution in [0.5, 0.6) is 5.75 Å². The SMILES string of the molecule is CCOC(=O)[C@H](C)C[C@H](Cc1ccc(O)c(N)c1)NC(=O)OC(C)(C)C. The lowest BCUT2D eigenvalue weighted by Crippen LogP contribution is -2.41. The highest BCUT2D eigenvalue weighted by molar-refractivity contribution is 5.72. The van der Waals surface area contributed by atoms with E-state index in [1.165, 1.54) is 6.07 Å². The monoisotopic (exact) mass is 366 g/mol. The van der Waals surface area contributed by atoms with Crippen LogP contribution in [0.3, 0.4) is 0 Å². The van der Waals surface area contributed by atoms with Gasteiger partial charge in [0.25, 0.3) is 0 Å². The van der Waals surface area contributed by atoms with Gasteiger partial charge in [-0.2, -0.15) is 0 Å². The fourth-order valence-corrected chi connectivity index (χ4v) is 2.49. The summed E-state index contributed by atoms with van der Waals surface area (Å²) in [6, 6.07) is 4.52. The summed E-state index contributed by atoms with van der Waals surface area (Å²) in [5, 5.41) is 12.4. The van der Waals surface area contributed by atoms with Crippen molar-refractivity contribution in [3.05, 3.63) is 23.8 Å². The van der Waals surface area contributed by atoms with E-state index in [1.54, 1.807) is 46.8 Å². The molecule has 0 aliphatic rings. The van der Waals surface area contributed by atoms with E-state index in [4.69, 9.17) is 15.2 Å². The summed E-state index contributed by atoms with van der Waals surface area (Å²) in [4.78, 5) is 24.1. The zero-order chi connectivity index (χ0) is 19.9. The number of ether oxygens (including phenoxy) is 2. The Bertz CT molecular complexity index is 625. The summed E-state index contributed by atoms with van der Waals surface area (Å²) in [5.41, 5.74) is 6.21. The molecule has 0 aliphatic heterocycles. The molecule has 7 nitrogen and oxygen atoms in total. The average molecular weight is 366 g/mol. The fourth-order valence-electron chi connectivity index (χ4n) is 2.49. The quantitative estimate of drug-likeness (QED) is 0.389. The van der Waals surface area contributed by atoms with Gasteiger partial charge in [-0.15, -0.1) is 0 Å². The minimum atomic E-state index is -0.621. The highest BCUT2D eigenvalue weighted by atomic mass is 16.6. The van der Waals surface area contributed by atoms with E-state index >= 15 is 0 Å². The summed E-state index contributed by atoms with van der Waals surface area (Å²) in [7, 11) is 0. The minimum absolute atomic E-state index is 0.00490. The second-order valence-corrected chi connectivity index (χ2v) is 7.33. The van der Waals surface area contributed by atoms with Crippen molar-refractivity contribution in [2.24, 2.45) is 5.92 Å². The third-order valence-corrected chi connectivity index (χ3v) is 3.62. The third kappa shape index (κ3) is 7.63. The third-order valence-electron chi connectivity index (χ3n) is 3.62. The number of benzene rings is 1. The van der Waals surface area contributed by atoms with Gasteiger partial charge >= 0.3 is 12.1 Å². The molecule has 1 amide bonds. The molecule has 4 N–H and O–H groups in total. The second-order valence-electron chi connectivity index (χ2n) is 7.33. The molecule has 0 aromatic heterocycles. The average Bonchev–Trinajstić information content (AvgIpc) is 2.49. The Kier molecular flexibility index (Phi) is 7.74. The van der Waals surface area contributed by atoms with Crippen LogP contribution in [0.15, 0.2) is 18.2 Å². The number of phenolic OH excluding ortho intramolecular Hbond substituents is 1. The highest BCUT2D eigenvalue weighted by Gasteiger charge is 2.24. The van der Waals surface area contributed by atoms with Gasteiger partial charge in [-0.1, -0.05) is 13.0 Å². The molecule has 1 aromatic carbocycles. The van der Waals surface area contributed by atoms with Crippen molar-refractivity contribution in [1.29, 1.82) is 0 Å². The maximum Gasteiger partial charge on any atom is 0.407 e. The molecule has 0 saturated carbocycles. The number of hydrogen-bond acceptors (Lipinski definition) is 6. The molecule has 146 valence electrons. The first-order chi connectivity index (χ1) is 12.0. The van der Waals surface area contributed by atoms with Gasteiger partial charge in [0.15, 0.2) is 0 Å². The number of alkyl carbamates (subject to hydrolysis) is 1. The van der Waals surface area contributed by atoms with Crippen LogP contribution in [0.1, 0.15) is 46.6 Å². The van der Waals surface area contributed by atoms with Crippen LogP contribution >= 0.6 is 0 Å². The van der Waals surface area contributed by atoms with E-state index in [2.05, 4.69) is 5.32 Å². The van der Waals surface area contributed by atoms with Crippen LogP contribution in [-0.2, 0) is 20.7 Å². The van der Waals surface area contributed by atoms with Crippen LogP contribution in [0.4, 0.5) is 10.5 Å². The summed E-state index contributed by atoms with van der Waals surface area (Å²) in [5.74, 6) is -0.691. The number of carbonyl (C=O) groups is 2. The normalized spacial score (nSPS) is 13.6. The molecule has 0 unspecified atom stereocenters. The molecule has 7 heteroatoms. The number of nitrogens with two attached hydrogens (primary N) is 1. The number of esters is 1. The van der Waals surface area contributed by atoms with Crippen molar-refractivity contribution in [3.63, 3.8) is 0 Å². The van der Waals surface area contributed by atoms with E-state index in [-0.39, 0.29) is 29.4 Å². The first-order valence-electron chi connectivity index (χ1n) is 8.75. The topological polar surface area (TPSA) is 111 Å². The lowest BCUT2D eigenvalue weighted by molar-refractivity contribution is -0.147. The minimum Gasteiger partial charge on any atom is -0.506 e. The van der Waals surface area contributed by atoms with E-state index in [0.29, 0.717) is 19.4 Å². The molecule has 1 rings (SSSR count). The zero-order valence-corrected chi connectivity index (χ0v) is 16.2. The van der Waals surface area contributed by atoms with Gasteiger partial charge < -0.3 is 25.6 Å². The van der Waals surface area contributed by atoms with E-state index in [9.17, 15) is 14.7 Å². The summed E-state index contributed by atoms with van der Waals surface area (Å²) in [6.07, 6.45) is 0.275. The lowest BCUT2D eigenvalue weighted by Gasteiger charge is -2.25. The van der Waals surface area contributed by atoms with Crippen molar-refractivity contribution in [2.75, 3.05) is 12.3 Å². The predicted octanol–water partition coefficient (Wildman–Crippen LogP) is 3.00. The largest absolute Gasteiger partial charge is 0.506 e. The second kappa shape index (κ2) is 9.31. The van der Waals surface area contributed by atoms with Gasteiger partial charge in [-0.3, -0.25) is 4.79 Å². The molecule has 26 heavy (non-hydrogen) atoms. The lowest BCUT2D eigenvalue weighted by atomic mass is 9.96. The predicted molar refractivity (Wildman–Crippen MR) is 99.8 cm³/mol. The number of carbonyl (C=O) groups excluding carboxylic acids is 2. The van der Waals surface area contributed by atoms with Gasteiger partial charge in [-0.05, 0) is 58.2 Å². The summed E-state index contributed by atoms with van der Waals surface area (Å²) < 4.78 is 10.3. The van der Waals surface area contributed by atoms with Crippen LogP contribution in [0, 0.1) is 5.92 Å². The van der Waals surface area contributed by atoms with Crippen LogP contribution < -0.4 is 11.1 Å². The van der Waals surface area contributed by atoms with Gasteiger partial charge in [0.2, 0.25) is 0 Å². The summed E-state index contributed by atoms with van der Waals surface area (Å²) in [6.45, 7) is 9.16. The number of nitrogens with one attached hydrogen (secondary N) is 1. The van der Waals surface area contributed by atoms with E-state index in [1.807, 2.05) is 0 Å². The molecular formula is C19H30N2O5. The van der Waals surface area contributed by atoms with Crippen LogP contribution in [0.25, 0.3) is 0 Å². The summed E-state index contributed by atoms with van der Waals surface area (Å²) >= 11 is 0. The first-order valence-corrected chi connectivity index (χ1v) is 8.75. The van der Waals surface area contributed by atoms with Crippen molar-refractivity contribution < 1.29 is 24.2 Å². The Balaban J connectivity index is 2.87. The maximum absolute atomic E-state index is 12.1. The van der Waals surface area contributed by atoms with Crippen LogP contribution in [0.2, 0.25) is 0 Å². The molecule has 0 radical (unpaired) electrons. The Labute approximate surface area is 154 Å². The first kappa shape index (κ1) is 21.6. The fraction of sp³-hybridized carbons (Fsp3) is 0.579. The van der Waals surface area contributed by atoms with Gasteiger partial charge in [0, 0.05) is 6.04 Å². The molecule has 0 spiro atoms. The maximum atomic E-state index is 12.1. The van der Waals surface area contributed by atoms with Crippen molar-refractivity contribution in [1.82, 2.24) is 5.32 Å². The molecule has 0 bridgehead atoms. The van der Waals surface area contributed by atoms with E-state index < -0.39 is 11.7 Å². The Morgan fingerprint density at radius 1 is 1.31 bits per heavy atom. The Morgan fingerprint density at radius 3 is 2.50 bits per heavy atom. The highest BCUT2D eigenvalue weighted by Crippen LogP contribution is 2.22.